The fourth-order valence-electron chi connectivity index (χ4n) is 3.60. The molecule has 2 saturated heterocycles. The topological polar surface area (TPSA) is 44.0 Å². The van der Waals surface area contributed by atoms with Crippen LogP contribution in [0.3, 0.4) is 0 Å². The highest BCUT2D eigenvalue weighted by molar-refractivity contribution is 5.81. The first-order valence-electron chi connectivity index (χ1n) is 7.79. The number of hydrogen-bond donors (Lipinski definition) is 2. The summed E-state index contributed by atoms with van der Waals surface area (Å²) in [6.07, 6.45) is 5.48. The van der Waals surface area contributed by atoms with Gasteiger partial charge in [-0.3, -0.25) is 10.00 Å². The fraction of sp³-hybridized carbons (Fsp3) is 0.562. The standard InChI is InChI=1S/C16H22N4/c1-2-7-15-14(6-1)16(19-18-15)10-17-12-4-3-5-13-8-9-20(13)11-12/h1-2,6-7,12-13,17H,3-5,8-11H2,(H,18,19)/t12-,13?/m1/s1. The zero-order valence-electron chi connectivity index (χ0n) is 11.8. The summed E-state index contributed by atoms with van der Waals surface area (Å²) in [5, 5.41) is 12.5. The highest BCUT2D eigenvalue weighted by atomic mass is 15.2. The highest BCUT2D eigenvalue weighted by Gasteiger charge is 2.31. The van der Waals surface area contributed by atoms with Crippen molar-refractivity contribution in [2.24, 2.45) is 0 Å². The first kappa shape index (κ1) is 12.4. The van der Waals surface area contributed by atoms with Crippen molar-refractivity contribution in [3.63, 3.8) is 0 Å². The molecule has 106 valence electrons. The molecule has 1 aromatic carbocycles. The molecular weight excluding hydrogens is 248 g/mol. The van der Waals surface area contributed by atoms with Gasteiger partial charge < -0.3 is 5.32 Å². The van der Waals surface area contributed by atoms with Gasteiger partial charge in [0, 0.05) is 30.6 Å². The molecule has 0 bridgehead atoms. The second-order valence-corrected chi connectivity index (χ2v) is 6.17. The quantitative estimate of drug-likeness (QED) is 0.899. The predicted molar refractivity (Wildman–Crippen MR) is 80.6 cm³/mol. The summed E-state index contributed by atoms with van der Waals surface area (Å²) in [6, 6.07) is 9.84. The fourth-order valence-corrected chi connectivity index (χ4v) is 3.60. The van der Waals surface area contributed by atoms with Crippen molar-refractivity contribution < 1.29 is 0 Å². The van der Waals surface area contributed by atoms with E-state index in [9.17, 15) is 0 Å². The molecule has 0 spiro atoms. The van der Waals surface area contributed by atoms with Gasteiger partial charge in [-0.2, -0.15) is 5.10 Å². The van der Waals surface area contributed by atoms with Gasteiger partial charge in [-0.1, -0.05) is 24.6 Å². The molecule has 2 aromatic rings. The molecule has 4 nitrogen and oxygen atoms in total. The van der Waals surface area contributed by atoms with Crippen molar-refractivity contribution in [1.82, 2.24) is 20.4 Å². The Hall–Kier alpha value is -1.39. The number of aromatic amines is 1. The van der Waals surface area contributed by atoms with E-state index in [-0.39, 0.29) is 0 Å². The molecule has 2 N–H and O–H groups in total. The Kier molecular flexibility index (Phi) is 3.20. The van der Waals surface area contributed by atoms with Gasteiger partial charge in [0.25, 0.3) is 0 Å². The van der Waals surface area contributed by atoms with Crippen LogP contribution in [0, 0.1) is 0 Å². The average molecular weight is 270 g/mol. The Bertz CT molecular complexity index is 591. The summed E-state index contributed by atoms with van der Waals surface area (Å²) in [4.78, 5) is 2.65. The smallest absolute Gasteiger partial charge is 0.0924 e. The lowest BCUT2D eigenvalue weighted by molar-refractivity contribution is 0.0864. The Morgan fingerprint density at radius 2 is 2.20 bits per heavy atom. The van der Waals surface area contributed by atoms with Gasteiger partial charge in [0.2, 0.25) is 0 Å². The van der Waals surface area contributed by atoms with Crippen molar-refractivity contribution in [3.05, 3.63) is 30.0 Å². The van der Waals surface area contributed by atoms with Crippen LogP contribution < -0.4 is 5.32 Å². The average Bonchev–Trinajstić information content (AvgIpc) is 2.81. The number of nitrogens with zero attached hydrogens (tertiary/aromatic N) is 2. The Morgan fingerprint density at radius 3 is 3.10 bits per heavy atom. The first-order chi connectivity index (χ1) is 9.90. The van der Waals surface area contributed by atoms with E-state index in [4.69, 9.17) is 0 Å². The molecule has 1 aromatic heterocycles. The van der Waals surface area contributed by atoms with Crippen LogP contribution in [0.1, 0.15) is 31.4 Å². The minimum atomic E-state index is 0.627. The van der Waals surface area contributed by atoms with E-state index in [1.54, 1.807) is 0 Å². The number of fused-ring (bicyclic) bond motifs is 2. The normalized spacial score (nSPS) is 27.0. The van der Waals surface area contributed by atoms with Gasteiger partial charge in [0.1, 0.15) is 0 Å². The lowest BCUT2D eigenvalue weighted by atomic mass is 10.00. The van der Waals surface area contributed by atoms with E-state index in [1.165, 1.54) is 49.9 Å². The molecule has 0 saturated carbocycles. The van der Waals surface area contributed by atoms with Gasteiger partial charge in [0.05, 0.1) is 11.2 Å². The minimum Gasteiger partial charge on any atom is -0.307 e. The zero-order valence-corrected chi connectivity index (χ0v) is 11.8. The molecule has 3 heterocycles. The van der Waals surface area contributed by atoms with Gasteiger partial charge in [-0.15, -0.1) is 0 Å². The van der Waals surface area contributed by atoms with Gasteiger partial charge in [-0.25, -0.2) is 0 Å². The summed E-state index contributed by atoms with van der Waals surface area (Å²) in [7, 11) is 0. The van der Waals surface area contributed by atoms with Crippen LogP contribution in [0.5, 0.6) is 0 Å². The van der Waals surface area contributed by atoms with Gasteiger partial charge in [-0.05, 0) is 31.9 Å². The summed E-state index contributed by atoms with van der Waals surface area (Å²) in [5.74, 6) is 0. The third kappa shape index (κ3) is 2.23. The molecule has 4 rings (SSSR count). The molecule has 20 heavy (non-hydrogen) atoms. The molecule has 1 unspecified atom stereocenters. The maximum absolute atomic E-state index is 4.36. The van der Waals surface area contributed by atoms with Crippen LogP contribution in [-0.4, -0.2) is 40.3 Å². The number of para-hydroxylation sites is 1. The predicted octanol–water partition coefficient (Wildman–Crippen LogP) is 2.28. The first-order valence-corrected chi connectivity index (χ1v) is 7.79. The third-order valence-electron chi connectivity index (χ3n) is 4.92. The second-order valence-electron chi connectivity index (χ2n) is 6.17. The summed E-state index contributed by atoms with van der Waals surface area (Å²) in [6.45, 7) is 3.41. The van der Waals surface area contributed by atoms with Crippen LogP contribution >= 0.6 is 0 Å². The Morgan fingerprint density at radius 1 is 1.25 bits per heavy atom. The number of H-pyrrole nitrogens is 1. The van der Waals surface area contributed by atoms with Crippen molar-refractivity contribution in [3.8, 4) is 0 Å². The van der Waals surface area contributed by atoms with Gasteiger partial charge >= 0.3 is 0 Å². The SMILES string of the molecule is c1ccc2c(CN[C@@H]3CCCC4CCN4C3)[nH]nc2c1. The maximum atomic E-state index is 4.36. The second kappa shape index (κ2) is 5.19. The highest BCUT2D eigenvalue weighted by Crippen LogP contribution is 2.27. The van der Waals surface area contributed by atoms with E-state index >= 15 is 0 Å². The molecule has 2 atom stereocenters. The van der Waals surface area contributed by atoms with E-state index in [1.807, 2.05) is 6.07 Å². The van der Waals surface area contributed by atoms with Crippen LogP contribution in [0.15, 0.2) is 24.3 Å². The summed E-state index contributed by atoms with van der Waals surface area (Å²) < 4.78 is 0. The molecule has 2 fully saturated rings. The monoisotopic (exact) mass is 270 g/mol. The van der Waals surface area contributed by atoms with Crippen LogP contribution in [0.4, 0.5) is 0 Å². The lowest BCUT2D eigenvalue weighted by Gasteiger charge is -2.40. The lowest BCUT2D eigenvalue weighted by Crippen LogP contribution is -2.51. The molecule has 0 aliphatic carbocycles. The van der Waals surface area contributed by atoms with E-state index in [0.717, 1.165) is 18.1 Å². The van der Waals surface area contributed by atoms with Crippen molar-refractivity contribution in [2.75, 3.05) is 13.1 Å². The number of benzene rings is 1. The van der Waals surface area contributed by atoms with Crippen molar-refractivity contribution in [2.45, 2.75) is 44.3 Å². The number of aromatic nitrogens is 2. The number of hydrogen-bond acceptors (Lipinski definition) is 3. The molecule has 4 heteroatoms. The summed E-state index contributed by atoms with van der Waals surface area (Å²) in [5.41, 5.74) is 2.28. The van der Waals surface area contributed by atoms with E-state index < -0.39 is 0 Å². The molecule has 0 amide bonds. The molecular formula is C16H22N4. The Labute approximate surface area is 119 Å². The van der Waals surface area contributed by atoms with Crippen molar-refractivity contribution in [1.29, 1.82) is 0 Å². The largest absolute Gasteiger partial charge is 0.307 e. The van der Waals surface area contributed by atoms with Crippen LogP contribution in [-0.2, 0) is 6.54 Å². The van der Waals surface area contributed by atoms with Gasteiger partial charge in [0.15, 0.2) is 0 Å². The van der Waals surface area contributed by atoms with Crippen molar-refractivity contribution >= 4 is 10.9 Å². The molecule has 2 aliphatic heterocycles. The molecule has 2 aliphatic rings. The van der Waals surface area contributed by atoms with E-state index in [2.05, 4.69) is 38.6 Å². The number of nitrogens with one attached hydrogen (secondary N) is 2. The van der Waals surface area contributed by atoms with Crippen LogP contribution in [0.2, 0.25) is 0 Å². The minimum absolute atomic E-state index is 0.627. The molecule has 0 radical (unpaired) electrons. The maximum Gasteiger partial charge on any atom is 0.0924 e. The number of rotatable bonds is 3. The van der Waals surface area contributed by atoms with Crippen LogP contribution in [0.25, 0.3) is 10.9 Å². The zero-order chi connectivity index (χ0) is 13.4. The van der Waals surface area contributed by atoms with E-state index in [0.29, 0.717) is 6.04 Å². The Balaban J connectivity index is 1.42. The third-order valence-corrected chi connectivity index (χ3v) is 4.92. The summed E-state index contributed by atoms with van der Waals surface area (Å²) >= 11 is 0.